The zero-order valence-corrected chi connectivity index (χ0v) is 11.6. The van der Waals surface area contributed by atoms with E-state index in [9.17, 15) is 24.3 Å². The van der Waals surface area contributed by atoms with Gasteiger partial charge in [-0.3, -0.25) is 14.4 Å². The first kappa shape index (κ1) is 15.6. The Hall–Kier alpha value is -2.50. The summed E-state index contributed by atoms with van der Waals surface area (Å²) in [6, 6.07) is 1.06. The third-order valence-corrected chi connectivity index (χ3v) is 2.80. The summed E-state index contributed by atoms with van der Waals surface area (Å²) in [6.45, 7) is 3.56. The smallest absolute Gasteiger partial charge is 0.336 e. The fraction of sp³-hybridized carbons (Fsp3) is 0.286. The van der Waals surface area contributed by atoms with Gasteiger partial charge >= 0.3 is 5.97 Å². The Labute approximate surface area is 115 Å². The van der Waals surface area contributed by atoms with Crippen molar-refractivity contribution in [1.29, 1.82) is 0 Å². The molecule has 0 radical (unpaired) electrons. The average molecular weight is 278 g/mol. The predicted molar refractivity (Wildman–Crippen MR) is 70.0 cm³/mol. The van der Waals surface area contributed by atoms with E-state index in [1.807, 2.05) is 0 Å². The van der Waals surface area contributed by atoms with E-state index in [2.05, 4.69) is 0 Å². The molecule has 0 atom stereocenters. The summed E-state index contributed by atoms with van der Waals surface area (Å²) in [5.41, 5.74) is -0.842. The number of carbonyl (C=O) groups excluding carboxylic acids is 3. The number of methoxy groups -OCH3 is 1. The minimum atomic E-state index is -1.39. The number of rotatable bonds is 5. The van der Waals surface area contributed by atoms with Crippen LogP contribution in [0.5, 0.6) is 5.75 Å². The lowest BCUT2D eigenvalue weighted by molar-refractivity contribution is 0.0692. The molecule has 6 nitrogen and oxygen atoms in total. The van der Waals surface area contributed by atoms with Crippen LogP contribution in [0.2, 0.25) is 0 Å². The molecule has 0 saturated carbocycles. The minimum Gasteiger partial charge on any atom is -0.495 e. The van der Waals surface area contributed by atoms with Crippen LogP contribution in [0.25, 0.3) is 0 Å². The van der Waals surface area contributed by atoms with Gasteiger partial charge in [-0.05, 0) is 26.8 Å². The molecule has 0 amide bonds. The number of carboxylic acid groups (broad SMARTS) is 1. The monoisotopic (exact) mass is 278 g/mol. The molecule has 0 bridgehead atoms. The number of ketones is 3. The number of hydrogen-bond acceptors (Lipinski definition) is 5. The van der Waals surface area contributed by atoms with Crippen LogP contribution in [-0.2, 0) is 0 Å². The molecule has 20 heavy (non-hydrogen) atoms. The van der Waals surface area contributed by atoms with Gasteiger partial charge in [0.1, 0.15) is 5.75 Å². The Morgan fingerprint density at radius 1 is 0.900 bits per heavy atom. The molecular formula is C14H14O6. The molecule has 0 fully saturated rings. The maximum Gasteiger partial charge on any atom is 0.336 e. The summed E-state index contributed by atoms with van der Waals surface area (Å²) < 4.78 is 5.04. The van der Waals surface area contributed by atoms with Crippen molar-refractivity contribution >= 4 is 23.3 Å². The van der Waals surface area contributed by atoms with E-state index in [1.165, 1.54) is 21.0 Å². The maximum absolute atomic E-state index is 11.8. The van der Waals surface area contributed by atoms with Gasteiger partial charge in [0.2, 0.25) is 0 Å². The molecular weight excluding hydrogens is 264 g/mol. The summed E-state index contributed by atoms with van der Waals surface area (Å²) >= 11 is 0. The van der Waals surface area contributed by atoms with Gasteiger partial charge < -0.3 is 9.84 Å². The van der Waals surface area contributed by atoms with Gasteiger partial charge in [0.25, 0.3) is 0 Å². The third kappa shape index (κ3) is 2.59. The first-order valence-corrected chi connectivity index (χ1v) is 5.73. The molecule has 0 saturated heterocycles. The molecule has 0 aliphatic rings. The van der Waals surface area contributed by atoms with Crippen molar-refractivity contribution in [2.24, 2.45) is 0 Å². The Morgan fingerprint density at radius 2 is 1.40 bits per heavy atom. The van der Waals surface area contributed by atoms with Crippen molar-refractivity contribution in [2.75, 3.05) is 7.11 Å². The molecule has 0 unspecified atom stereocenters. The number of carboxylic acids is 1. The quantitative estimate of drug-likeness (QED) is 0.827. The number of Topliss-reactive ketones (excluding diaryl/α,β-unsaturated/α-hetero) is 3. The normalized spacial score (nSPS) is 10.0. The summed E-state index contributed by atoms with van der Waals surface area (Å²) in [7, 11) is 1.25. The van der Waals surface area contributed by atoms with Crippen LogP contribution in [0.15, 0.2) is 6.07 Å². The van der Waals surface area contributed by atoms with Crippen LogP contribution in [0.3, 0.4) is 0 Å². The largest absolute Gasteiger partial charge is 0.495 e. The van der Waals surface area contributed by atoms with Gasteiger partial charge in [-0.15, -0.1) is 0 Å². The summed E-state index contributed by atoms with van der Waals surface area (Å²) in [6.07, 6.45) is 0. The van der Waals surface area contributed by atoms with Gasteiger partial charge in [-0.25, -0.2) is 4.79 Å². The lowest BCUT2D eigenvalue weighted by Gasteiger charge is -2.15. The second kappa shape index (κ2) is 5.64. The van der Waals surface area contributed by atoms with Crippen LogP contribution in [0, 0.1) is 0 Å². The molecule has 0 aliphatic carbocycles. The Balaban J connectivity index is 4.00. The highest BCUT2D eigenvalue weighted by molar-refractivity contribution is 6.17. The van der Waals surface area contributed by atoms with E-state index < -0.39 is 23.3 Å². The van der Waals surface area contributed by atoms with Crippen LogP contribution in [0.4, 0.5) is 0 Å². The first-order chi connectivity index (χ1) is 9.22. The lowest BCUT2D eigenvalue weighted by atomic mass is 9.90. The molecule has 0 aromatic heterocycles. The summed E-state index contributed by atoms with van der Waals surface area (Å²) in [5.74, 6) is -3.04. The van der Waals surface area contributed by atoms with Gasteiger partial charge in [0.15, 0.2) is 17.3 Å². The minimum absolute atomic E-state index is 0.0416. The molecule has 1 N–H and O–H groups in total. The molecule has 106 valence electrons. The van der Waals surface area contributed by atoms with Crippen molar-refractivity contribution in [3.05, 3.63) is 28.3 Å². The van der Waals surface area contributed by atoms with Crippen LogP contribution < -0.4 is 4.74 Å². The van der Waals surface area contributed by atoms with Crippen molar-refractivity contribution < 1.29 is 29.0 Å². The molecule has 1 aromatic carbocycles. The van der Waals surface area contributed by atoms with E-state index in [0.717, 1.165) is 13.0 Å². The SMILES string of the molecule is COc1c(C(C)=O)cc(C(=O)O)c(C(C)=O)c1C(C)=O. The van der Waals surface area contributed by atoms with Crippen LogP contribution in [-0.4, -0.2) is 35.5 Å². The fourth-order valence-electron chi connectivity index (χ4n) is 2.01. The van der Waals surface area contributed by atoms with Gasteiger partial charge in [-0.2, -0.15) is 0 Å². The highest BCUT2D eigenvalue weighted by Crippen LogP contribution is 2.31. The van der Waals surface area contributed by atoms with Crippen molar-refractivity contribution in [2.45, 2.75) is 20.8 Å². The fourth-order valence-corrected chi connectivity index (χ4v) is 2.01. The van der Waals surface area contributed by atoms with E-state index >= 15 is 0 Å². The van der Waals surface area contributed by atoms with E-state index in [4.69, 9.17) is 4.74 Å². The summed E-state index contributed by atoms with van der Waals surface area (Å²) in [5, 5.41) is 9.17. The predicted octanol–water partition coefficient (Wildman–Crippen LogP) is 2.00. The Morgan fingerprint density at radius 3 is 1.70 bits per heavy atom. The zero-order valence-electron chi connectivity index (χ0n) is 11.6. The molecule has 1 aromatic rings. The molecule has 6 heteroatoms. The van der Waals surface area contributed by atoms with Crippen LogP contribution in [0.1, 0.15) is 62.2 Å². The van der Waals surface area contributed by atoms with Crippen LogP contribution >= 0.6 is 0 Å². The highest BCUT2D eigenvalue weighted by Gasteiger charge is 2.28. The second-order valence-electron chi connectivity index (χ2n) is 4.23. The highest BCUT2D eigenvalue weighted by atomic mass is 16.5. The number of ether oxygens (including phenoxy) is 1. The van der Waals surface area contributed by atoms with Crippen molar-refractivity contribution in [3.8, 4) is 5.75 Å². The van der Waals surface area contributed by atoms with E-state index in [-0.39, 0.29) is 28.0 Å². The maximum atomic E-state index is 11.8. The summed E-state index contributed by atoms with van der Waals surface area (Å²) in [4.78, 5) is 46.3. The van der Waals surface area contributed by atoms with Crippen molar-refractivity contribution in [3.63, 3.8) is 0 Å². The Kier molecular flexibility index (Phi) is 4.39. The number of aromatic carboxylic acids is 1. The second-order valence-corrected chi connectivity index (χ2v) is 4.23. The topological polar surface area (TPSA) is 97.7 Å². The number of hydrogen-bond donors (Lipinski definition) is 1. The van der Waals surface area contributed by atoms with E-state index in [1.54, 1.807) is 0 Å². The first-order valence-electron chi connectivity index (χ1n) is 5.73. The zero-order chi connectivity index (χ0) is 15.6. The van der Waals surface area contributed by atoms with E-state index in [0.29, 0.717) is 0 Å². The van der Waals surface area contributed by atoms with Gasteiger partial charge in [0, 0.05) is 5.56 Å². The lowest BCUT2D eigenvalue weighted by Crippen LogP contribution is -2.16. The number of carbonyl (C=O) groups is 4. The standard InChI is InChI=1S/C14H14O6/c1-6(15)9-5-10(14(18)19)11(7(2)16)12(8(3)17)13(9)20-4/h5H,1-4H3,(H,18,19). The Bertz CT molecular complexity index is 627. The average Bonchev–Trinajstić information content (AvgIpc) is 2.35. The number of benzene rings is 1. The molecule has 1 rings (SSSR count). The molecule has 0 aliphatic heterocycles. The van der Waals surface area contributed by atoms with Crippen molar-refractivity contribution in [1.82, 2.24) is 0 Å². The molecule has 0 spiro atoms. The third-order valence-electron chi connectivity index (χ3n) is 2.80. The van der Waals surface area contributed by atoms with Gasteiger partial charge in [-0.1, -0.05) is 0 Å². The molecule has 0 heterocycles. The van der Waals surface area contributed by atoms with Gasteiger partial charge in [0.05, 0.1) is 23.8 Å².